The van der Waals surface area contributed by atoms with E-state index in [0.29, 0.717) is 18.6 Å². The monoisotopic (exact) mass is 358 g/mol. The molecule has 0 aliphatic carbocycles. The second-order valence-electron chi connectivity index (χ2n) is 5.33. The summed E-state index contributed by atoms with van der Waals surface area (Å²) < 4.78 is 64.5. The van der Waals surface area contributed by atoms with Gasteiger partial charge in [-0.05, 0) is 30.5 Å². The molecule has 0 saturated heterocycles. The van der Waals surface area contributed by atoms with Crippen molar-refractivity contribution in [2.75, 3.05) is 6.54 Å². The standard InChI is InChI=1S/C13H18ClF3N2O2S/c1-8(2)5-10(7-18)19-22(20,21)12-4-3-9(6-11(12)14)13(15,16)17/h3-4,6,8,10,19H,5,7,18H2,1-2H3. The molecule has 0 fully saturated rings. The fraction of sp³-hybridized carbons (Fsp3) is 0.538. The lowest BCUT2D eigenvalue weighted by Gasteiger charge is -2.19. The molecule has 0 radical (unpaired) electrons. The highest BCUT2D eigenvalue weighted by Crippen LogP contribution is 2.33. The summed E-state index contributed by atoms with van der Waals surface area (Å²) in [5.41, 5.74) is 4.51. The Morgan fingerprint density at radius 2 is 1.91 bits per heavy atom. The summed E-state index contributed by atoms with van der Waals surface area (Å²) in [7, 11) is -4.04. The van der Waals surface area contributed by atoms with Crippen LogP contribution < -0.4 is 10.5 Å². The van der Waals surface area contributed by atoms with Gasteiger partial charge in [-0.1, -0.05) is 25.4 Å². The van der Waals surface area contributed by atoms with Gasteiger partial charge in [-0.3, -0.25) is 0 Å². The minimum Gasteiger partial charge on any atom is -0.329 e. The minimum absolute atomic E-state index is 0.0790. The Balaban J connectivity index is 3.08. The van der Waals surface area contributed by atoms with Crippen LogP contribution in [-0.2, 0) is 16.2 Å². The lowest BCUT2D eigenvalue weighted by atomic mass is 10.1. The summed E-state index contributed by atoms with van der Waals surface area (Å²) in [6, 6.07) is 1.61. The molecule has 1 aromatic rings. The van der Waals surface area contributed by atoms with Crippen molar-refractivity contribution >= 4 is 21.6 Å². The van der Waals surface area contributed by atoms with Gasteiger partial charge in [0.05, 0.1) is 10.6 Å². The molecule has 0 saturated carbocycles. The number of halogens is 4. The smallest absolute Gasteiger partial charge is 0.329 e. The predicted octanol–water partition coefficient (Wildman–Crippen LogP) is 3.01. The molecule has 126 valence electrons. The summed E-state index contributed by atoms with van der Waals surface area (Å²) >= 11 is 5.70. The van der Waals surface area contributed by atoms with Crippen molar-refractivity contribution < 1.29 is 21.6 Å². The van der Waals surface area contributed by atoms with Crippen LogP contribution in [0.4, 0.5) is 13.2 Å². The average molecular weight is 359 g/mol. The quantitative estimate of drug-likeness (QED) is 0.821. The van der Waals surface area contributed by atoms with Crippen molar-refractivity contribution in [3.8, 4) is 0 Å². The fourth-order valence-corrected chi connectivity index (χ4v) is 3.75. The van der Waals surface area contributed by atoms with Crippen LogP contribution in [0.1, 0.15) is 25.8 Å². The van der Waals surface area contributed by atoms with Crippen LogP contribution in [0.3, 0.4) is 0 Å². The lowest BCUT2D eigenvalue weighted by Crippen LogP contribution is -2.41. The molecular formula is C13H18ClF3N2O2S. The molecular weight excluding hydrogens is 341 g/mol. The fourth-order valence-electron chi connectivity index (χ4n) is 1.94. The van der Waals surface area contributed by atoms with E-state index in [1.54, 1.807) is 0 Å². The number of rotatable bonds is 6. The maximum atomic E-state index is 12.6. The van der Waals surface area contributed by atoms with Gasteiger partial charge in [0.25, 0.3) is 0 Å². The van der Waals surface area contributed by atoms with Gasteiger partial charge in [0.1, 0.15) is 4.90 Å². The Labute approximate surface area is 132 Å². The zero-order chi connectivity index (χ0) is 17.1. The molecule has 4 nitrogen and oxygen atoms in total. The average Bonchev–Trinajstić information content (AvgIpc) is 2.35. The van der Waals surface area contributed by atoms with Crippen molar-refractivity contribution in [3.63, 3.8) is 0 Å². The van der Waals surface area contributed by atoms with Gasteiger partial charge in [0.15, 0.2) is 0 Å². The van der Waals surface area contributed by atoms with E-state index in [1.165, 1.54) is 0 Å². The van der Waals surface area contributed by atoms with Crippen LogP contribution in [0.2, 0.25) is 5.02 Å². The Morgan fingerprint density at radius 1 is 1.32 bits per heavy atom. The molecule has 1 unspecified atom stereocenters. The Kier molecular flexibility index (Phi) is 6.26. The SMILES string of the molecule is CC(C)CC(CN)NS(=O)(=O)c1ccc(C(F)(F)F)cc1Cl. The first-order valence-electron chi connectivity index (χ1n) is 6.56. The Hall–Kier alpha value is -0.830. The molecule has 1 atom stereocenters. The molecule has 0 amide bonds. The maximum Gasteiger partial charge on any atom is 0.416 e. The number of alkyl halides is 3. The van der Waals surface area contributed by atoms with Crippen LogP contribution in [-0.4, -0.2) is 21.0 Å². The molecule has 22 heavy (non-hydrogen) atoms. The molecule has 0 bridgehead atoms. The van der Waals surface area contributed by atoms with E-state index in [2.05, 4.69) is 4.72 Å². The van der Waals surface area contributed by atoms with Crippen molar-refractivity contribution in [1.29, 1.82) is 0 Å². The van der Waals surface area contributed by atoms with Gasteiger partial charge in [0.2, 0.25) is 10.0 Å². The number of benzene rings is 1. The summed E-state index contributed by atoms with van der Waals surface area (Å²) in [4.78, 5) is -0.399. The molecule has 3 N–H and O–H groups in total. The van der Waals surface area contributed by atoms with E-state index in [9.17, 15) is 21.6 Å². The maximum absolute atomic E-state index is 12.6. The van der Waals surface area contributed by atoms with Crippen molar-refractivity contribution in [1.82, 2.24) is 4.72 Å². The van der Waals surface area contributed by atoms with Gasteiger partial charge in [-0.2, -0.15) is 13.2 Å². The third kappa shape index (κ3) is 5.12. The van der Waals surface area contributed by atoms with Crippen LogP contribution in [0.5, 0.6) is 0 Å². The number of nitrogens with two attached hydrogens (primary N) is 1. The molecule has 0 aliphatic rings. The zero-order valence-corrected chi connectivity index (χ0v) is 13.7. The Bertz CT molecular complexity index is 618. The summed E-state index contributed by atoms with van der Waals surface area (Å²) in [6.07, 6.45) is -4.08. The number of hydrogen-bond acceptors (Lipinski definition) is 3. The molecule has 9 heteroatoms. The van der Waals surface area contributed by atoms with Gasteiger partial charge in [0, 0.05) is 12.6 Å². The lowest BCUT2D eigenvalue weighted by molar-refractivity contribution is -0.137. The number of sulfonamides is 1. The van der Waals surface area contributed by atoms with Crippen molar-refractivity contribution in [2.45, 2.75) is 37.4 Å². The highest BCUT2D eigenvalue weighted by molar-refractivity contribution is 7.89. The first-order valence-corrected chi connectivity index (χ1v) is 8.42. The molecule has 0 spiro atoms. The highest BCUT2D eigenvalue weighted by atomic mass is 35.5. The zero-order valence-electron chi connectivity index (χ0n) is 12.1. The second kappa shape index (κ2) is 7.16. The third-order valence-electron chi connectivity index (χ3n) is 2.91. The minimum atomic E-state index is -4.59. The van der Waals surface area contributed by atoms with Crippen molar-refractivity contribution in [3.05, 3.63) is 28.8 Å². The van der Waals surface area contributed by atoms with Gasteiger partial charge in [-0.25, -0.2) is 13.1 Å². The van der Waals surface area contributed by atoms with Gasteiger partial charge < -0.3 is 5.73 Å². The predicted molar refractivity (Wildman–Crippen MR) is 79.1 cm³/mol. The summed E-state index contributed by atoms with van der Waals surface area (Å²) in [5, 5.41) is -0.484. The molecule has 0 heterocycles. The van der Waals surface area contributed by atoms with E-state index >= 15 is 0 Å². The normalized spacial score (nSPS) is 14.4. The highest BCUT2D eigenvalue weighted by Gasteiger charge is 2.32. The molecule has 0 aliphatic heterocycles. The largest absolute Gasteiger partial charge is 0.416 e. The van der Waals surface area contributed by atoms with E-state index in [-0.39, 0.29) is 12.5 Å². The van der Waals surface area contributed by atoms with Crippen LogP contribution in [0.25, 0.3) is 0 Å². The first kappa shape index (κ1) is 19.2. The Morgan fingerprint density at radius 3 is 2.32 bits per heavy atom. The molecule has 1 rings (SSSR count). The van der Waals surface area contributed by atoms with Gasteiger partial charge in [-0.15, -0.1) is 0 Å². The van der Waals surface area contributed by atoms with E-state index < -0.39 is 37.7 Å². The summed E-state index contributed by atoms with van der Waals surface area (Å²) in [5.74, 6) is 0.208. The first-order chi connectivity index (χ1) is 9.97. The topological polar surface area (TPSA) is 72.2 Å². The number of nitrogens with one attached hydrogen (secondary N) is 1. The van der Waals surface area contributed by atoms with Crippen molar-refractivity contribution in [2.24, 2.45) is 11.7 Å². The summed E-state index contributed by atoms with van der Waals surface area (Å²) in [6.45, 7) is 3.89. The van der Waals surface area contributed by atoms with Gasteiger partial charge >= 0.3 is 6.18 Å². The third-order valence-corrected chi connectivity index (χ3v) is 4.91. The van der Waals surface area contributed by atoms with E-state index in [4.69, 9.17) is 17.3 Å². The molecule has 1 aromatic carbocycles. The van der Waals surface area contributed by atoms with E-state index in [1.807, 2.05) is 13.8 Å². The number of hydrogen-bond donors (Lipinski definition) is 2. The molecule has 0 aromatic heterocycles. The van der Waals surface area contributed by atoms with Crippen LogP contribution >= 0.6 is 11.6 Å². The van der Waals surface area contributed by atoms with E-state index in [0.717, 1.165) is 6.07 Å². The second-order valence-corrected chi connectivity index (χ2v) is 7.42. The van der Waals surface area contributed by atoms with Crippen LogP contribution in [0.15, 0.2) is 23.1 Å². The van der Waals surface area contributed by atoms with Crippen LogP contribution in [0, 0.1) is 5.92 Å².